The maximum Gasteiger partial charge on any atom is 0.252 e. The van der Waals surface area contributed by atoms with Gasteiger partial charge < -0.3 is 16.0 Å². The molecule has 0 saturated carbocycles. The van der Waals surface area contributed by atoms with Crippen molar-refractivity contribution < 1.29 is 4.79 Å². The highest BCUT2D eigenvalue weighted by atomic mass is 16.2. The van der Waals surface area contributed by atoms with Crippen LogP contribution >= 0.6 is 0 Å². The molecule has 4 nitrogen and oxygen atoms in total. The third kappa shape index (κ3) is 1.84. The fourth-order valence-corrected chi connectivity index (χ4v) is 2.18. The predicted octanol–water partition coefficient (Wildman–Crippen LogP) is 2.21. The van der Waals surface area contributed by atoms with Crippen molar-refractivity contribution >= 4 is 23.0 Å². The first-order valence-corrected chi connectivity index (χ1v) is 5.84. The summed E-state index contributed by atoms with van der Waals surface area (Å²) in [6.45, 7) is 7.80. The molecule has 0 spiro atoms. The highest BCUT2D eigenvalue weighted by Gasteiger charge is 2.39. The summed E-state index contributed by atoms with van der Waals surface area (Å²) in [7, 11) is 0. The molecule has 1 aliphatic rings. The lowest BCUT2D eigenvalue weighted by Crippen LogP contribution is -2.56. The van der Waals surface area contributed by atoms with Gasteiger partial charge >= 0.3 is 0 Å². The van der Waals surface area contributed by atoms with E-state index in [4.69, 9.17) is 5.73 Å². The molecule has 4 heteroatoms. The van der Waals surface area contributed by atoms with Crippen molar-refractivity contribution in [3.63, 3.8) is 0 Å². The molecule has 1 aliphatic heterocycles. The van der Waals surface area contributed by atoms with E-state index in [1.165, 1.54) is 0 Å². The summed E-state index contributed by atoms with van der Waals surface area (Å²) in [5, 5.41) is 3.24. The van der Waals surface area contributed by atoms with Crippen LogP contribution in [0.4, 0.5) is 17.1 Å². The Kier molecular flexibility index (Phi) is 2.53. The zero-order valence-corrected chi connectivity index (χ0v) is 10.7. The molecule has 92 valence electrons. The van der Waals surface area contributed by atoms with Crippen LogP contribution in [-0.4, -0.2) is 17.5 Å². The Morgan fingerprint density at radius 1 is 1.35 bits per heavy atom. The van der Waals surface area contributed by atoms with Gasteiger partial charge in [-0.1, -0.05) is 0 Å². The Morgan fingerprint density at radius 2 is 2.00 bits per heavy atom. The summed E-state index contributed by atoms with van der Waals surface area (Å²) >= 11 is 0. The summed E-state index contributed by atoms with van der Waals surface area (Å²) in [6, 6.07) is 5.72. The van der Waals surface area contributed by atoms with Gasteiger partial charge in [0.25, 0.3) is 5.91 Å². The second-order valence-electron chi connectivity index (χ2n) is 5.30. The largest absolute Gasteiger partial charge is 0.399 e. The van der Waals surface area contributed by atoms with E-state index in [1.54, 1.807) is 0 Å². The Hall–Kier alpha value is -1.71. The molecule has 1 amide bonds. The van der Waals surface area contributed by atoms with Gasteiger partial charge in [-0.05, 0) is 45.9 Å². The van der Waals surface area contributed by atoms with Crippen LogP contribution in [-0.2, 0) is 4.79 Å². The van der Waals surface area contributed by atoms with E-state index in [0.717, 1.165) is 11.4 Å². The van der Waals surface area contributed by atoms with Gasteiger partial charge in [0, 0.05) is 11.7 Å². The van der Waals surface area contributed by atoms with Gasteiger partial charge in [0.2, 0.25) is 0 Å². The van der Waals surface area contributed by atoms with Crippen molar-refractivity contribution in [2.45, 2.75) is 39.3 Å². The number of benzene rings is 1. The lowest BCUT2D eigenvalue weighted by molar-refractivity contribution is -0.122. The molecule has 0 bridgehead atoms. The van der Waals surface area contributed by atoms with Gasteiger partial charge in [0.05, 0.1) is 11.4 Å². The first-order valence-electron chi connectivity index (χ1n) is 5.84. The third-order valence-corrected chi connectivity index (χ3v) is 3.00. The van der Waals surface area contributed by atoms with Crippen molar-refractivity contribution in [2.24, 2.45) is 0 Å². The van der Waals surface area contributed by atoms with E-state index in [-0.39, 0.29) is 11.9 Å². The van der Waals surface area contributed by atoms with E-state index in [9.17, 15) is 4.79 Å². The number of nitrogens with zero attached hydrogens (tertiary/aromatic N) is 1. The summed E-state index contributed by atoms with van der Waals surface area (Å²) in [5.41, 5.74) is 7.71. The van der Waals surface area contributed by atoms with Gasteiger partial charge in [-0.2, -0.15) is 0 Å². The standard InChI is InChI=1S/C13H19N3O/c1-8(2)16-11-6-5-9(14)7-10(11)15-13(3,4)12(16)17/h5-8,15H,14H2,1-4H3. The second-order valence-corrected chi connectivity index (χ2v) is 5.30. The summed E-state index contributed by atoms with van der Waals surface area (Å²) in [4.78, 5) is 14.2. The van der Waals surface area contributed by atoms with Crippen LogP contribution in [0.5, 0.6) is 0 Å². The van der Waals surface area contributed by atoms with Crippen molar-refractivity contribution in [3.8, 4) is 0 Å². The number of carbonyl (C=O) groups is 1. The van der Waals surface area contributed by atoms with Crippen LogP contribution in [0.1, 0.15) is 27.7 Å². The fraction of sp³-hybridized carbons (Fsp3) is 0.462. The number of amides is 1. The number of anilines is 3. The van der Waals surface area contributed by atoms with Crippen molar-refractivity contribution in [1.82, 2.24) is 0 Å². The summed E-state index contributed by atoms with van der Waals surface area (Å²) < 4.78 is 0. The van der Waals surface area contributed by atoms with Gasteiger partial charge in [-0.25, -0.2) is 0 Å². The van der Waals surface area contributed by atoms with E-state index < -0.39 is 5.54 Å². The second kappa shape index (κ2) is 3.65. The number of hydrogen-bond donors (Lipinski definition) is 2. The third-order valence-electron chi connectivity index (χ3n) is 3.00. The number of nitrogens with one attached hydrogen (secondary N) is 1. The van der Waals surface area contributed by atoms with Crippen LogP contribution in [0.25, 0.3) is 0 Å². The normalized spacial score (nSPS) is 17.9. The predicted molar refractivity (Wildman–Crippen MR) is 71.2 cm³/mol. The van der Waals surface area contributed by atoms with E-state index in [1.807, 2.05) is 50.8 Å². The first-order chi connectivity index (χ1) is 7.83. The molecule has 0 aliphatic carbocycles. The van der Waals surface area contributed by atoms with Crippen molar-refractivity contribution in [3.05, 3.63) is 18.2 Å². The Morgan fingerprint density at radius 3 is 2.59 bits per heavy atom. The molecule has 0 aromatic heterocycles. The fourth-order valence-electron chi connectivity index (χ4n) is 2.18. The Balaban J connectivity index is 2.58. The molecular weight excluding hydrogens is 214 g/mol. The molecule has 0 atom stereocenters. The Labute approximate surface area is 102 Å². The number of nitrogens with two attached hydrogens (primary N) is 1. The molecular formula is C13H19N3O. The maximum absolute atomic E-state index is 12.4. The first kappa shape index (κ1) is 11.8. The molecule has 2 rings (SSSR count). The topological polar surface area (TPSA) is 58.4 Å². The van der Waals surface area contributed by atoms with Crippen LogP contribution in [0.15, 0.2) is 18.2 Å². The minimum atomic E-state index is -0.592. The summed E-state index contributed by atoms with van der Waals surface area (Å²) in [5.74, 6) is 0.0878. The monoisotopic (exact) mass is 233 g/mol. The average molecular weight is 233 g/mol. The average Bonchev–Trinajstić information content (AvgIpc) is 2.19. The maximum atomic E-state index is 12.4. The van der Waals surface area contributed by atoms with E-state index in [0.29, 0.717) is 5.69 Å². The smallest absolute Gasteiger partial charge is 0.252 e. The lowest BCUT2D eigenvalue weighted by Gasteiger charge is -2.42. The Bertz CT molecular complexity index is 466. The molecule has 0 fully saturated rings. The van der Waals surface area contributed by atoms with Gasteiger partial charge in [0.15, 0.2) is 0 Å². The van der Waals surface area contributed by atoms with Gasteiger partial charge in [-0.15, -0.1) is 0 Å². The highest BCUT2D eigenvalue weighted by Crippen LogP contribution is 2.37. The van der Waals surface area contributed by atoms with Crippen LogP contribution < -0.4 is 16.0 Å². The molecule has 3 N–H and O–H groups in total. The molecule has 1 aromatic carbocycles. The molecule has 1 heterocycles. The van der Waals surface area contributed by atoms with Crippen molar-refractivity contribution in [2.75, 3.05) is 16.0 Å². The van der Waals surface area contributed by atoms with E-state index >= 15 is 0 Å². The number of fused-ring (bicyclic) bond motifs is 1. The minimum Gasteiger partial charge on any atom is -0.399 e. The number of hydrogen-bond acceptors (Lipinski definition) is 3. The van der Waals surface area contributed by atoms with Crippen molar-refractivity contribution in [1.29, 1.82) is 0 Å². The van der Waals surface area contributed by atoms with Crippen LogP contribution in [0, 0.1) is 0 Å². The zero-order chi connectivity index (χ0) is 12.8. The number of nitrogen functional groups attached to an aromatic ring is 1. The van der Waals surface area contributed by atoms with Gasteiger partial charge in [0.1, 0.15) is 5.54 Å². The van der Waals surface area contributed by atoms with E-state index in [2.05, 4.69) is 5.32 Å². The lowest BCUT2D eigenvalue weighted by atomic mass is 9.96. The molecule has 0 unspecified atom stereocenters. The SMILES string of the molecule is CC(C)N1C(=O)C(C)(C)Nc2cc(N)ccc21. The van der Waals surface area contributed by atoms with Crippen LogP contribution in [0.2, 0.25) is 0 Å². The molecule has 1 aromatic rings. The van der Waals surface area contributed by atoms with Gasteiger partial charge in [-0.3, -0.25) is 4.79 Å². The quantitative estimate of drug-likeness (QED) is 0.731. The highest BCUT2D eigenvalue weighted by molar-refractivity contribution is 6.08. The van der Waals surface area contributed by atoms with Crippen LogP contribution in [0.3, 0.4) is 0 Å². The zero-order valence-electron chi connectivity index (χ0n) is 10.7. The molecule has 0 radical (unpaired) electrons. The molecule has 0 saturated heterocycles. The summed E-state index contributed by atoms with van der Waals surface area (Å²) in [6.07, 6.45) is 0. The molecule has 17 heavy (non-hydrogen) atoms. The minimum absolute atomic E-state index is 0.0878. The number of rotatable bonds is 1. The number of carbonyl (C=O) groups excluding carboxylic acids is 1.